The Hall–Kier alpha value is -3.38. The van der Waals surface area contributed by atoms with Crippen LogP contribution in [0, 0.1) is 17.3 Å². The Bertz CT molecular complexity index is 1670. The second-order valence-electron chi connectivity index (χ2n) is 15.6. The van der Waals surface area contributed by atoms with Gasteiger partial charge in [0, 0.05) is 58.2 Å². The zero-order chi connectivity index (χ0) is 37.2. The van der Waals surface area contributed by atoms with Crippen LogP contribution in [0.4, 0.5) is 18.9 Å². The number of rotatable bonds is 8. The highest BCUT2D eigenvalue weighted by Crippen LogP contribution is 2.61. The smallest absolute Gasteiger partial charge is 0.433 e. The molecule has 4 fully saturated rings. The highest BCUT2D eigenvalue weighted by Gasteiger charge is 2.55. The molecular weight excluding hydrogens is 683 g/mol. The van der Waals surface area contributed by atoms with E-state index in [-0.39, 0.29) is 17.4 Å². The van der Waals surface area contributed by atoms with Gasteiger partial charge in [0.05, 0.1) is 12.7 Å². The Morgan fingerprint density at radius 2 is 1.74 bits per heavy atom. The molecule has 1 aromatic heterocycles. The van der Waals surface area contributed by atoms with E-state index in [9.17, 15) is 18.3 Å². The number of phenolic OH excluding ortho intramolecular Hbond substituents is 1. The lowest BCUT2D eigenvalue weighted by Crippen LogP contribution is -2.48. The molecule has 2 N–H and O–H groups in total. The molecular formula is C42H54F3N3O5. The Kier molecular flexibility index (Phi) is 11.6. The van der Waals surface area contributed by atoms with Gasteiger partial charge in [-0.05, 0) is 122 Å². The first kappa shape index (κ1) is 37.9. The first-order chi connectivity index (χ1) is 25.7. The van der Waals surface area contributed by atoms with Crippen LogP contribution in [0.5, 0.6) is 11.6 Å². The third kappa shape index (κ3) is 8.04. The van der Waals surface area contributed by atoms with Crippen LogP contribution in [0.3, 0.4) is 0 Å². The topological polar surface area (TPSA) is 87.5 Å². The number of nitrogens with zero attached hydrogens (tertiary/aromatic N) is 3. The number of ether oxygens (including phenoxy) is 3. The van der Waals surface area contributed by atoms with Gasteiger partial charge in [0.1, 0.15) is 23.7 Å². The van der Waals surface area contributed by atoms with Crippen LogP contribution < -0.4 is 9.64 Å². The van der Waals surface area contributed by atoms with Crippen molar-refractivity contribution in [1.29, 1.82) is 0 Å². The minimum atomic E-state index is -4.52. The number of aryl methyl sites for hydroxylation is 1. The van der Waals surface area contributed by atoms with Crippen LogP contribution >= 0.6 is 0 Å². The molecule has 2 saturated heterocycles. The summed E-state index contributed by atoms with van der Waals surface area (Å²) < 4.78 is 58.4. The molecule has 2 aromatic carbocycles. The first-order valence-electron chi connectivity index (χ1n) is 19.4. The zero-order valence-corrected chi connectivity index (χ0v) is 30.9. The standard InChI is InChI=1S/C41H50F3N3O4.CH4O/c1-40-18-17-32-31-14-12-30(48)26-28(31)9-13-33(32)34(40)15-16-37(40)49-25-23-46-19-21-47(22-20-46)29-10-7-27(8-11-29)39-35(4-3-24-50-39)51-38-6-2-5-36(45-38)41(42,43)44;1-2/h2,5-8,10-12,14,26,32-35,37,39,48H,3-4,9,13,15-25H2,1H3;2H,1H3. The van der Waals surface area contributed by atoms with E-state index in [2.05, 4.69) is 52.0 Å². The predicted molar refractivity (Wildman–Crippen MR) is 197 cm³/mol. The molecule has 7 unspecified atom stereocenters. The SMILES string of the molecule is CC12CCC3c4ccc(O)cc4CCC3C1CCC2OCCN1CCN(c2ccc(C3OCCCC3Oc3cccc(C(F)(F)F)n3)cc2)CC1.CO. The number of aliphatic hydroxyl groups is 1. The Morgan fingerprint density at radius 3 is 2.51 bits per heavy atom. The number of aliphatic hydroxyl groups excluding tert-OH is 1. The fourth-order valence-electron chi connectivity index (χ4n) is 10.2. The van der Waals surface area contributed by atoms with Crippen molar-refractivity contribution < 1.29 is 37.6 Å². The van der Waals surface area contributed by atoms with E-state index < -0.39 is 18.0 Å². The van der Waals surface area contributed by atoms with Crippen molar-refractivity contribution in [1.82, 2.24) is 9.88 Å². The van der Waals surface area contributed by atoms with Crippen LogP contribution in [0.1, 0.15) is 86.3 Å². The zero-order valence-electron chi connectivity index (χ0n) is 30.9. The number of aromatic nitrogens is 1. The number of aromatic hydroxyl groups is 1. The molecule has 5 aliphatic rings. The maximum atomic E-state index is 13.2. The van der Waals surface area contributed by atoms with Crippen molar-refractivity contribution in [3.05, 3.63) is 83.0 Å². The molecule has 53 heavy (non-hydrogen) atoms. The van der Waals surface area contributed by atoms with E-state index in [1.54, 1.807) is 0 Å². The fraction of sp³-hybridized carbons (Fsp3) is 0.595. The Labute approximate surface area is 311 Å². The number of halogens is 3. The van der Waals surface area contributed by atoms with Crippen LogP contribution in [-0.4, -0.2) is 85.4 Å². The third-order valence-corrected chi connectivity index (χ3v) is 12.9. The van der Waals surface area contributed by atoms with E-state index in [1.165, 1.54) is 48.9 Å². The van der Waals surface area contributed by atoms with Gasteiger partial charge in [0.2, 0.25) is 5.88 Å². The molecule has 11 heteroatoms. The van der Waals surface area contributed by atoms with Gasteiger partial charge in [-0.3, -0.25) is 4.90 Å². The van der Waals surface area contributed by atoms with Gasteiger partial charge in [-0.25, -0.2) is 4.98 Å². The van der Waals surface area contributed by atoms with E-state index in [0.717, 1.165) is 88.9 Å². The molecule has 3 heterocycles. The van der Waals surface area contributed by atoms with E-state index >= 15 is 0 Å². The maximum absolute atomic E-state index is 13.2. The minimum absolute atomic E-state index is 0.0342. The van der Waals surface area contributed by atoms with Crippen molar-refractivity contribution in [2.75, 3.05) is 57.9 Å². The summed E-state index contributed by atoms with van der Waals surface area (Å²) in [5.74, 6) is 2.43. The monoisotopic (exact) mass is 737 g/mol. The van der Waals surface area contributed by atoms with Crippen LogP contribution in [0.15, 0.2) is 60.7 Å². The number of hydrogen-bond donors (Lipinski definition) is 2. The number of alkyl halides is 3. The number of benzene rings is 2. The van der Waals surface area contributed by atoms with Gasteiger partial charge in [-0.2, -0.15) is 13.2 Å². The van der Waals surface area contributed by atoms with Gasteiger partial charge < -0.3 is 29.3 Å². The first-order valence-corrected chi connectivity index (χ1v) is 19.4. The maximum Gasteiger partial charge on any atom is 0.433 e. The summed E-state index contributed by atoms with van der Waals surface area (Å²) in [5.41, 5.74) is 4.25. The lowest BCUT2D eigenvalue weighted by Gasteiger charge is -2.50. The van der Waals surface area contributed by atoms with E-state index in [0.29, 0.717) is 36.7 Å². The summed E-state index contributed by atoms with van der Waals surface area (Å²) in [4.78, 5) is 8.63. The largest absolute Gasteiger partial charge is 0.508 e. The summed E-state index contributed by atoms with van der Waals surface area (Å²) in [7, 11) is 1.00. The predicted octanol–water partition coefficient (Wildman–Crippen LogP) is 7.78. The van der Waals surface area contributed by atoms with Crippen molar-refractivity contribution in [3.63, 3.8) is 0 Å². The van der Waals surface area contributed by atoms with Gasteiger partial charge in [0.25, 0.3) is 0 Å². The molecule has 8 nitrogen and oxygen atoms in total. The molecule has 0 amide bonds. The number of anilines is 1. The quantitative estimate of drug-likeness (QED) is 0.243. The molecule has 8 rings (SSSR count). The highest BCUT2D eigenvalue weighted by atomic mass is 19.4. The lowest BCUT2D eigenvalue weighted by molar-refractivity contribution is -0.141. The molecule has 0 bridgehead atoms. The van der Waals surface area contributed by atoms with E-state index in [1.807, 2.05) is 12.1 Å². The summed E-state index contributed by atoms with van der Waals surface area (Å²) in [5, 5.41) is 17.0. The second-order valence-corrected chi connectivity index (χ2v) is 15.6. The summed E-state index contributed by atoms with van der Waals surface area (Å²) in [6.07, 6.45) is 3.65. The van der Waals surface area contributed by atoms with Gasteiger partial charge in [-0.1, -0.05) is 31.2 Å². The van der Waals surface area contributed by atoms with Crippen molar-refractivity contribution in [3.8, 4) is 11.6 Å². The van der Waals surface area contributed by atoms with Crippen molar-refractivity contribution in [2.24, 2.45) is 17.3 Å². The molecule has 288 valence electrons. The number of pyridine rings is 1. The van der Waals surface area contributed by atoms with Crippen LogP contribution in [0.2, 0.25) is 0 Å². The number of piperazine rings is 1. The van der Waals surface area contributed by atoms with Crippen molar-refractivity contribution in [2.45, 2.75) is 88.7 Å². The third-order valence-electron chi connectivity index (χ3n) is 12.9. The minimum Gasteiger partial charge on any atom is -0.508 e. The van der Waals surface area contributed by atoms with E-state index in [4.69, 9.17) is 19.3 Å². The molecule has 2 saturated carbocycles. The highest BCUT2D eigenvalue weighted by molar-refractivity contribution is 5.48. The Morgan fingerprint density at radius 1 is 0.943 bits per heavy atom. The van der Waals surface area contributed by atoms with Gasteiger partial charge >= 0.3 is 6.18 Å². The molecule has 3 aliphatic carbocycles. The second kappa shape index (κ2) is 16.2. The molecule has 3 aromatic rings. The molecule has 0 spiro atoms. The lowest BCUT2D eigenvalue weighted by atomic mass is 9.55. The summed E-state index contributed by atoms with van der Waals surface area (Å²) in [6, 6.07) is 18.1. The van der Waals surface area contributed by atoms with Crippen LogP contribution in [0.25, 0.3) is 0 Å². The average molecular weight is 738 g/mol. The van der Waals surface area contributed by atoms with Crippen molar-refractivity contribution >= 4 is 5.69 Å². The summed E-state index contributed by atoms with van der Waals surface area (Å²) in [6.45, 7) is 8.67. The molecule has 2 aliphatic heterocycles. The average Bonchev–Trinajstić information content (AvgIpc) is 3.51. The molecule has 7 atom stereocenters. The number of hydrogen-bond acceptors (Lipinski definition) is 8. The number of fused-ring (bicyclic) bond motifs is 5. The number of phenols is 1. The fourth-order valence-corrected chi connectivity index (χ4v) is 10.2. The normalized spacial score (nSPS) is 30.0. The van der Waals surface area contributed by atoms with Gasteiger partial charge in [0.15, 0.2) is 0 Å². The summed E-state index contributed by atoms with van der Waals surface area (Å²) >= 11 is 0. The van der Waals surface area contributed by atoms with Gasteiger partial charge in [-0.15, -0.1) is 0 Å². The van der Waals surface area contributed by atoms with Crippen LogP contribution in [-0.2, 0) is 22.1 Å². The Balaban J connectivity index is 0.00000214. The molecule has 0 radical (unpaired) electrons.